The quantitative estimate of drug-likeness (QED) is 0.292. The second-order valence-corrected chi connectivity index (χ2v) is 8.93. The summed E-state index contributed by atoms with van der Waals surface area (Å²) in [6, 6.07) is 21.1. The van der Waals surface area contributed by atoms with Crippen LogP contribution in [0.3, 0.4) is 0 Å². The molecule has 3 aromatic rings. The largest absolute Gasteiger partial charge is 0.507 e. The molecule has 0 saturated carbocycles. The average molecular weight is 486 g/mol. The maximum atomic E-state index is 13.2. The predicted molar refractivity (Wildman–Crippen MR) is 134 cm³/mol. The molecular formula is C29H27NO6. The normalized spacial score (nSPS) is 20.3. The summed E-state index contributed by atoms with van der Waals surface area (Å²) < 4.78 is 16.9. The number of ether oxygens (including phenoxy) is 3. The van der Waals surface area contributed by atoms with E-state index in [0.717, 1.165) is 11.3 Å². The van der Waals surface area contributed by atoms with Gasteiger partial charge in [-0.15, -0.1) is 0 Å². The van der Waals surface area contributed by atoms with E-state index in [4.69, 9.17) is 14.2 Å². The Bertz CT molecular complexity index is 1330. The molecular weight excluding hydrogens is 458 g/mol. The molecule has 0 aromatic heterocycles. The Morgan fingerprint density at radius 1 is 1.03 bits per heavy atom. The van der Waals surface area contributed by atoms with E-state index >= 15 is 0 Å². The molecule has 2 aliphatic heterocycles. The summed E-state index contributed by atoms with van der Waals surface area (Å²) >= 11 is 0. The fourth-order valence-corrected chi connectivity index (χ4v) is 4.74. The van der Waals surface area contributed by atoms with Crippen LogP contribution in [0.4, 0.5) is 0 Å². The molecule has 1 saturated heterocycles. The third-order valence-electron chi connectivity index (χ3n) is 6.40. The molecule has 3 aromatic carbocycles. The number of fused-ring (bicyclic) bond motifs is 1. The maximum Gasteiger partial charge on any atom is 0.295 e. The number of ketones is 1. The number of carbonyl (C=O) groups excluding carboxylic acids is 2. The smallest absolute Gasteiger partial charge is 0.295 e. The monoisotopic (exact) mass is 485 g/mol. The molecule has 1 fully saturated rings. The van der Waals surface area contributed by atoms with Crippen molar-refractivity contribution in [1.29, 1.82) is 0 Å². The summed E-state index contributed by atoms with van der Waals surface area (Å²) in [7, 11) is 1.54. The molecule has 1 amide bonds. The molecule has 36 heavy (non-hydrogen) atoms. The van der Waals surface area contributed by atoms with Crippen molar-refractivity contribution in [2.45, 2.75) is 25.5 Å². The van der Waals surface area contributed by atoms with Crippen LogP contribution in [0.25, 0.3) is 5.76 Å². The number of aliphatic hydroxyl groups excluding tert-OH is 1. The Labute approximate surface area is 209 Å². The average Bonchev–Trinajstić information content (AvgIpc) is 3.38. The van der Waals surface area contributed by atoms with E-state index in [9.17, 15) is 14.7 Å². The SMILES string of the molecule is COCCN1C(=O)C(=O)/C(=C(\O)c2ccc3c(c2)CC(C)O3)C1c1cccc(Oc2ccccc2)c1. The maximum absolute atomic E-state index is 13.2. The van der Waals surface area contributed by atoms with E-state index in [1.807, 2.05) is 49.4 Å². The number of Topliss-reactive ketones (excluding diaryl/α,β-unsaturated/α-hetero) is 1. The third-order valence-corrected chi connectivity index (χ3v) is 6.40. The standard InChI is InChI=1S/C29H27NO6/c1-18-15-21-16-20(11-12-24(21)35-18)27(31)25-26(30(13-14-34-2)29(33)28(25)32)19-7-6-10-23(17-19)36-22-8-4-3-5-9-22/h3-12,16-18,26,31H,13-15H2,1-2H3/b27-25-. The number of hydrogen-bond donors (Lipinski definition) is 1. The number of aliphatic hydroxyl groups is 1. The Morgan fingerprint density at radius 3 is 2.58 bits per heavy atom. The molecule has 7 heteroatoms. The first-order valence-electron chi connectivity index (χ1n) is 11.9. The minimum atomic E-state index is -0.789. The lowest BCUT2D eigenvalue weighted by Crippen LogP contribution is -2.32. The van der Waals surface area contributed by atoms with Crippen LogP contribution in [0.1, 0.15) is 29.7 Å². The summed E-state index contributed by atoms with van der Waals surface area (Å²) in [5.41, 5.74) is 2.12. The van der Waals surface area contributed by atoms with Gasteiger partial charge in [0.25, 0.3) is 11.7 Å². The molecule has 2 unspecified atom stereocenters. The van der Waals surface area contributed by atoms with Gasteiger partial charge in [-0.1, -0.05) is 30.3 Å². The van der Waals surface area contributed by atoms with Gasteiger partial charge in [-0.2, -0.15) is 0 Å². The number of likely N-dealkylation sites (tertiary alicyclic amines) is 1. The molecule has 2 atom stereocenters. The lowest BCUT2D eigenvalue weighted by molar-refractivity contribution is -0.140. The van der Waals surface area contributed by atoms with Crippen molar-refractivity contribution in [1.82, 2.24) is 4.90 Å². The molecule has 0 aliphatic carbocycles. The Hall–Kier alpha value is -4.10. The van der Waals surface area contributed by atoms with Crippen molar-refractivity contribution >= 4 is 17.4 Å². The molecule has 0 radical (unpaired) electrons. The minimum absolute atomic E-state index is 0.0416. The minimum Gasteiger partial charge on any atom is -0.507 e. The van der Waals surface area contributed by atoms with E-state index in [-0.39, 0.29) is 30.6 Å². The van der Waals surface area contributed by atoms with Gasteiger partial charge in [-0.05, 0) is 60.5 Å². The van der Waals surface area contributed by atoms with Crippen molar-refractivity contribution < 1.29 is 28.9 Å². The number of para-hydroxylation sites is 1. The fourth-order valence-electron chi connectivity index (χ4n) is 4.74. The van der Waals surface area contributed by atoms with Gasteiger partial charge in [0.2, 0.25) is 0 Å². The fraction of sp³-hybridized carbons (Fsp3) is 0.241. The highest BCUT2D eigenvalue weighted by Gasteiger charge is 2.46. The lowest BCUT2D eigenvalue weighted by atomic mass is 9.94. The van der Waals surface area contributed by atoms with Gasteiger partial charge < -0.3 is 24.2 Å². The van der Waals surface area contributed by atoms with Crippen LogP contribution in [-0.4, -0.2) is 48.1 Å². The van der Waals surface area contributed by atoms with Crippen molar-refractivity contribution in [3.05, 3.63) is 95.1 Å². The molecule has 0 bridgehead atoms. The van der Waals surface area contributed by atoms with Crippen molar-refractivity contribution in [3.63, 3.8) is 0 Å². The van der Waals surface area contributed by atoms with Gasteiger partial charge in [-0.25, -0.2) is 0 Å². The number of nitrogens with zero attached hydrogens (tertiary/aromatic N) is 1. The highest BCUT2D eigenvalue weighted by atomic mass is 16.5. The number of hydrogen-bond acceptors (Lipinski definition) is 6. The summed E-state index contributed by atoms with van der Waals surface area (Å²) in [6.45, 7) is 2.42. The number of amides is 1. The van der Waals surface area contributed by atoms with E-state index in [2.05, 4.69) is 0 Å². The number of benzene rings is 3. The van der Waals surface area contributed by atoms with Gasteiger partial charge in [-0.3, -0.25) is 9.59 Å². The van der Waals surface area contributed by atoms with Gasteiger partial charge >= 0.3 is 0 Å². The topological polar surface area (TPSA) is 85.3 Å². The molecule has 5 rings (SSSR count). The van der Waals surface area contributed by atoms with Crippen LogP contribution < -0.4 is 9.47 Å². The van der Waals surface area contributed by atoms with Crippen molar-refractivity contribution in [2.24, 2.45) is 0 Å². The van der Waals surface area contributed by atoms with E-state index in [1.54, 1.807) is 30.3 Å². The molecule has 2 heterocycles. The summed E-state index contributed by atoms with van der Waals surface area (Å²) in [6.07, 6.45) is 0.755. The molecule has 1 N–H and O–H groups in total. The first kappa shape index (κ1) is 23.6. The number of methoxy groups -OCH3 is 1. The molecule has 7 nitrogen and oxygen atoms in total. The number of rotatable bonds is 7. The Morgan fingerprint density at radius 2 is 1.81 bits per heavy atom. The molecule has 184 valence electrons. The predicted octanol–water partition coefficient (Wildman–Crippen LogP) is 4.87. The van der Waals surface area contributed by atoms with Gasteiger partial charge in [0.1, 0.15) is 29.1 Å². The van der Waals surface area contributed by atoms with Crippen LogP contribution >= 0.6 is 0 Å². The number of carbonyl (C=O) groups is 2. The molecule has 2 aliphatic rings. The zero-order chi connectivity index (χ0) is 25.2. The van der Waals surface area contributed by atoms with Gasteiger partial charge in [0.15, 0.2) is 0 Å². The van der Waals surface area contributed by atoms with Crippen molar-refractivity contribution in [3.8, 4) is 17.2 Å². The summed E-state index contributed by atoms with van der Waals surface area (Å²) in [5.74, 6) is 0.369. The van der Waals surface area contributed by atoms with E-state index in [0.29, 0.717) is 29.0 Å². The van der Waals surface area contributed by atoms with Gasteiger partial charge in [0, 0.05) is 25.6 Å². The van der Waals surface area contributed by atoms with Gasteiger partial charge in [0.05, 0.1) is 18.2 Å². The molecule has 0 spiro atoms. The van der Waals surface area contributed by atoms with Crippen LogP contribution in [0.5, 0.6) is 17.2 Å². The zero-order valence-electron chi connectivity index (χ0n) is 20.1. The second kappa shape index (κ2) is 9.87. The Balaban J connectivity index is 1.58. The zero-order valence-corrected chi connectivity index (χ0v) is 20.1. The second-order valence-electron chi connectivity index (χ2n) is 8.93. The van der Waals surface area contributed by atoms with Crippen LogP contribution in [-0.2, 0) is 20.7 Å². The summed E-state index contributed by atoms with van der Waals surface area (Å²) in [5, 5.41) is 11.4. The first-order valence-corrected chi connectivity index (χ1v) is 11.9. The van der Waals surface area contributed by atoms with E-state index < -0.39 is 17.7 Å². The Kier molecular flexibility index (Phi) is 6.48. The third kappa shape index (κ3) is 4.45. The summed E-state index contributed by atoms with van der Waals surface area (Å²) in [4.78, 5) is 27.7. The highest BCUT2D eigenvalue weighted by Crippen LogP contribution is 2.41. The first-order chi connectivity index (χ1) is 17.5. The highest BCUT2D eigenvalue weighted by molar-refractivity contribution is 6.46. The lowest BCUT2D eigenvalue weighted by Gasteiger charge is -2.25. The van der Waals surface area contributed by atoms with E-state index in [1.165, 1.54) is 12.0 Å². The van der Waals surface area contributed by atoms with Crippen molar-refractivity contribution in [2.75, 3.05) is 20.3 Å². The van der Waals surface area contributed by atoms with Crippen LogP contribution in [0.2, 0.25) is 0 Å². The van der Waals surface area contributed by atoms with Crippen LogP contribution in [0.15, 0.2) is 78.4 Å². The van der Waals surface area contributed by atoms with Crippen LogP contribution in [0, 0.1) is 0 Å².